The molecule has 3 heterocycles. The molecule has 1 aromatic heterocycles. The lowest BCUT2D eigenvalue weighted by Crippen LogP contribution is -2.39. The predicted molar refractivity (Wildman–Crippen MR) is 136 cm³/mol. The molecule has 0 aliphatic carbocycles. The zero-order valence-electron chi connectivity index (χ0n) is 21.1. The largest absolute Gasteiger partial charge is 0.371 e. The fraction of sp³-hybridized carbons (Fsp3) is 0.519. The van der Waals surface area contributed by atoms with Gasteiger partial charge in [-0.25, -0.2) is 4.98 Å². The number of nitrogens with one attached hydrogen (secondary N) is 1. The Kier molecular flexibility index (Phi) is 12.3. The van der Waals surface area contributed by atoms with Crippen LogP contribution in [0.15, 0.2) is 42.6 Å². The molecule has 1 fully saturated rings. The van der Waals surface area contributed by atoms with Gasteiger partial charge in [-0.3, -0.25) is 9.59 Å². The van der Waals surface area contributed by atoms with E-state index in [2.05, 4.69) is 48.4 Å². The Balaban J connectivity index is 0.000000266. The Hall–Kier alpha value is -2.77. The fourth-order valence-electron chi connectivity index (χ4n) is 3.99. The van der Waals surface area contributed by atoms with Gasteiger partial charge in [0.15, 0.2) is 6.29 Å². The maximum absolute atomic E-state index is 12.2. The molecule has 4 rings (SSSR count). The first-order valence-corrected chi connectivity index (χ1v) is 12.5. The maximum atomic E-state index is 12.2. The van der Waals surface area contributed by atoms with Gasteiger partial charge >= 0.3 is 0 Å². The van der Waals surface area contributed by atoms with Crippen molar-refractivity contribution in [1.82, 2.24) is 19.8 Å². The van der Waals surface area contributed by atoms with E-state index < -0.39 is 0 Å². The van der Waals surface area contributed by atoms with Gasteiger partial charge in [0.2, 0.25) is 5.91 Å². The van der Waals surface area contributed by atoms with E-state index >= 15 is 0 Å². The molecule has 0 spiro atoms. The zero-order chi connectivity index (χ0) is 24.8. The third kappa shape index (κ3) is 7.92. The summed E-state index contributed by atoms with van der Waals surface area (Å²) in [6.07, 6.45) is 9.30. The van der Waals surface area contributed by atoms with Gasteiger partial charge in [0.25, 0.3) is 0 Å². The van der Waals surface area contributed by atoms with Crippen molar-refractivity contribution in [3.63, 3.8) is 0 Å². The van der Waals surface area contributed by atoms with Crippen LogP contribution in [0.5, 0.6) is 0 Å². The Morgan fingerprint density at radius 3 is 2.62 bits per heavy atom. The van der Waals surface area contributed by atoms with Crippen molar-refractivity contribution in [2.75, 3.05) is 26.2 Å². The van der Waals surface area contributed by atoms with Crippen molar-refractivity contribution >= 4 is 12.2 Å². The molecule has 1 saturated heterocycles. The molecule has 1 aromatic carbocycles. The zero-order valence-corrected chi connectivity index (χ0v) is 21.1. The van der Waals surface area contributed by atoms with Gasteiger partial charge in [-0.1, -0.05) is 58.4 Å². The molecule has 1 atom stereocenters. The number of carbonyl (C=O) groups is 2. The van der Waals surface area contributed by atoms with Gasteiger partial charge in [-0.2, -0.15) is 0 Å². The lowest BCUT2D eigenvalue weighted by molar-refractivity contribution is -0.127. The van der Waals surface area contributed by atoms with E-state index in [0.29, 0.717) is 31.9 Å². The van der Waals surface area contributed by atoms with E-state index in [0.717, 1.165) is 31.6 Å². The number of aryl methyl sites for hydroxylation is 2. The summed E-state index contributed by atoms with van der Waals surface area (Å²) >= 11 is 0. The minimum absolute atomic E-state index is 0.0452. The highest BCUT2D eigenvalue weighted by Crippen LogP contribution is 2.14. The van der Waals surface area contributed by atoms with Crippen molar-refractivity contribution < 1.29 is 14.3 Å². The Labute approximate surface area is 204 Å². The number of carbonyl (C=O) groups excluding carboxylic acids is 2. The van der Waals surface area contributed by atoms with E-state index in [1.807, 2.05) is 18.4 Å². The van der Waals surface area contributed by atoms with Crippen LogP contribution >= 0.6 is 0 Å². The Morgan fingerprint density at radius 1 is 1.21 bits per heavy atom. The monoisotopic (exact) mass is 468 g/mol. The third-order valence-electron chi connectivity index (χ3n) is 5.76. The smallest absolute Gasteiger partial charge is 0.246 e. The SMILES string of the molecule is CC.CCCc1ccccc1CC.O=Cc1cnc2n1CCN(C(=O)/C=C/C1CNCCO1)C2. The first-order valence-electron chi connectivity index (χ1n) is 12.5. The molecule has 0 radical (unpaired) electrons. The molecule has 1 unspecified atom stereocenters. The number of amides is 1. The van der Waals surface area contributed by atoms with Crippen molar-refractivity contribution in [3.8, 4) is 0 Å². The normalized spacial score (nSPS) is 17.2. The van der Waals surface area contributed by atoms with Crippen molar-refractivity contribution in [3.05, 3.63) is 65.3 Å². The number of ether oxygens (including phenoxy) is 1. The summed E-state index contributed by atoms with van der Waals surface area (Å²) in [7, 11) is 0. The number of aromatic nitrogens is 2. The van der Waals surface area contributed by atoms with Crippen LogP contribution in [0.25, 0.3) is 0 Å². The van der Waals surface area contributed by atoms with Crippen LogP contribution in [-0.2, 0) is 35.5 Å². The average molecular weight is 469 g/mol. The molecule has 186 valence electrons. The van der Waals surface area contributed by atoms with Crippen molar-refractivity contribution in [2.45, 2.75) is 66.2 Å². The number of aldehydes is 1. The number of hydrogen-bond acceptors (Lipinski definition) is 5. The topological polar surface area (TPSA) is 76.5 Å². The van der Waals surface area contributed by atoms with Gasteiger partial charge in [-0.15, -0.1) is 0 Å². The second kappa shape index (κ2) is 15.2. The summed E-state index contributed by atoms with van der Waals surface area (Å²) in [6, 6.07) is 8.72. The molecule has 2 aromatic rings. The standard InChI is InChI=1S/C14H18N4O3.C11H16.C2H6/c19-10-11-7-16-13-9-17(4-5-18(11)13)14(20)2-1-12-8-15-3-6-21-12;1-3-7-11-9-6-5-8-10(11)4-2;1-2/h1-2,7,10,12,15H,3-6,8-9H2;5-6,8-9H,3-4,7H2,1-2H3;1-2H3/b2-1+;;. The average Bonchev–Trinajstić information content (AvgIpc) is 3.32. The summed E-state index contributed by atoms with van der Waals surface area (Å²) < 4.78 is 7.37. The van der Waals surface area contributed by atoms with Crippen LogP contribution in [-0.4, -0.2) is 59.0 Å². The molecular weight excluding hydrogens is 428 g/mol. The highest BCUT2D eigenvalue weighted by molar-refractivity contribution is 5.87. The first-order chi connectivity index (χ1) is 16.7. The Morgan fingerprint density at radius 2 is 1.97 bits per heavy atom. The molecule has 0 bridgehead atoms. The van der Waals surface area contributed by atoms with E-state index in [4.69, 9.17) is 4.74 Å². The van der Waals surface area contributed by atoms with Gasteiger partial charge in [-0.05, 0) is 30.0 Å². The van der Waals surface area contributed by atoms with Crippen molar-refractivity contribution in [2.24, 2.45) is 0 Å². The highest BCUT2D eigenvalue weighted by atomic mass is 16.5. The fourth-order valence-corrected chi connectivity index (χ4v) is 3.99. The summed E-state index contributed by atoms with van der Waals surface area (Å²) in [4.78, 5) is 29.0. The van der Waals surface area contributed by atoms with Crippen LogP contribution in [0.3, 0.4) is 0 Å². The summed E-state index contributed by atoms with van der Waals surface area (Å²) in [5.74, 6) is 0.701. The van der Waals surface area contributed by atoms with Gasteiger partial charge < -0.3 is 19.5 Å². The summed E-state index contributed by atoms with van der Waals surface area (Å²) in [5.41, 5.74) is 3.60. The van der Waals surface area contributed by atoms with Gasteiger partial charge in [0.05, 0.1) is 25.5 Å². The molecule has 1 amide bonds. The number of nitrogens with zero attached hydrogens (tertiary/aromatic N) is 3. The van der Waals surface area contributed by atoms with Crippen LogP contribution in [0.1, 0.15) is 61.6 Å². The molecule has 34 heavy (non-hydrogen) atoms. The maximum Gasteiger partial charge on any atom is 0.246 e. The van der Waals surface area contributed by atoms with Crippen LogP contribution in [0.2, 0.25) is 0 Å². The first kappa shape index (κ1) is 27.5. The van der Waals surface area contributed by atoms with Gasteiger partial charge in [0, 0.05) is 32.3 Å². The minimum atomic E-state index is -0.0499. The summed E-state index contributed by atoms with van der Waals surface area (Å²) in [5, 5.41) is 3.21. The van der Waals surface area contributed by atoms with E-state index in [1.54, 1.807) is 23.2 Å². The number of rotatable bonds is 6. The Bertz CT molecular complexity index is 916. The number of fused-ring (bicyclic) bond motifs is 1. The van der Waals surface area contributed by atoms with Crippen LogP contribution in [0.4, 0.5) is 0 Å². The van der Waals surface area contributed by atoms with E-state index in [9.17, 15) is 9.59 Å². The molecule has 0 saturated carbocycles. The van der Waals surface area contributed by atoms with Crippen molar-refractivity contribution in [1.29, 1.82) is 0 Å². The molecule has 2 aliphatic heterocycles. The van der Waals surface area contributed by atoms with Gasteiger partial charge in [0.1, 0.15) is 11.5 Å². The summed E-state index contributed by atoms with van der Waals surface area (Å²) in [6.45, 7) is 12.3. The second-order valence-electron chi connectivity index (χ2n) is 7.97. The molecule has 1 N–H and O–H groups in total. The molecule has 7 nitrogen and oxygen atoms in total. The van der Waals surface area contributed by atoms with E-state index in [-0.39, 0.29) is 12.0 Å². The molecule has 7 heteroatoms. The second-order valence-corrected chi connectivity index (χ2v) is 7.97. The van der Waals surface area contributed by atoms with E-state index in [1.165, 1.54) is 24.0 Å². The number of hydrogen-bond donors (Lipinski definition) is 1. The number of benzene rings is 1. The minimum Gasteiger partial charge on any atom is -0.371 e. The van der Waals surface area contributed by atoms with Crippen LogP contribution in [0, 0.1) is 0 Å². The predicted octanol–water partition coefficient (Wildman–Crippen LogP) is 3.81. The third-order valence-corrected chi connectivity index (χ3v) is 5.76. The quantitative estimate of drug-likeness (QED) is 0.515. The highest BCUT2D eigenvalue weighted by Gasteiger charge is 2.22. The number of imidazole rings is 1. The molecular formula is C27H40N4O3. The number of morpholine rings is 1. The molecule has 2 aliphatic rings. The van der Waals surface area contributed by atoms with Crippen LogP contribution < -0.4 is 5.32 Å². The lowest BCUT2D eigenvalue weighted by atomic mass is 10.0. The lowest BCUT2D eigenvalue weighted by Gasteiger charge is -2.27.